The van der Waals surface area contributed by atoms with Crippen molar-refractivity contribution in [3.63, 3.8) is 0 Å². The number of para-hydroxylation sites is 1. The number of halogens is 1. The number of aliphatic hydroxyl groups is 1. The number of carbonyl (C=O) groups excluding carboxylic acids is 3. The van der Waals surface area contributed by atoms with Gasteiger partial charge >= 0.3 is 0 Å². The number of ether oxygens (including phenoxy) is 1. The van der Waals surface area contributed by atoms with Gasteiger partial charge in [-0.15, -0.1) is 0 Å². The van der Waals surface area contributed by atoms with E-state index >= 15 is 0 Å². The summed E-state index contributed by atoms with van der Waals surface area (Å²) in [5, 5.41) is 9.68. The van der Waals surface area contributed by atoms with Crippen LogP contribution in [0.3, 0.4) is 0 Å². The minimum absolute atomic E-state index is 0.121. The topological polar surface area (TPSA) is 90.4 Å². The number of carbonyl (C=O) groups is 3. The van der Waals surface area contributed by atoms with Crippen LogP contribution in [0, 0.1) is 11.8 Å². The van der Waals surface area contributed by atoms with Crippen LogP contribution in [0.4, 0.5) is 5.69 Å². The predicted molar refractivity (Wildman–Crippen MR) is 169 cm³/mol. The summed E-state index contributed by atoms with van der Waals surface area (Å²) < 4.78 is 7.08. The van der Waals surface area contributed by atoms with Crippen LogP contribution in [-0.2, 0) is 25.7 Å². The van der Waals surface area contributed by atoms with E-state index in [0.29, 0.717) is 49.6 Å². The molecule has 2 aromatic rings. The Morgan fingerprint density at radius 3 is 2.34 bits per heavy atom. The molecular weight excluding hydrogens is 578 g/mol. The molecule has 4 aliphatic rings. The number of fused-ring (bicyclic) bond motifs is 2. The van der Waals surface area contributed by atoms with Crippen LogP contribution < -0.4 is 4.90 Å². The molecule has 2 aromatic carbocycles. The Hall–Kier alpha value is -3.46. The molecule has 1 N–H and O–H groups in total. The van der Waals surface area contributed by atoms with E-state index in [2.05, 4.69) is 0 Å². The Morgan fingerprint density at radius 1 is 0.864 bits per heavy atom. The molecule has 8 nitrogen and oxygen atoms in total. The molecule has 5 atom stereocenters. The first-order valence-corrected chi connectivity index (χ1v) is 16.1. The zero-order chi connectivity index (χ0) is 30.9. The second-order valence-electron chi connectivity index (χ2n) is 12.2. The fourth-order valence-electron chi connectivity index (χ4n) is 7.63. The van der Waals surface area contributed by atoms with Crippen LogP contribution in [0.1, 0.15) is 44.6 Å². The highest BCUT2D eigenvalue weighted by molar-refractivity contribution is 6.34. The van der Waals surface area contributed by atoms with Crippen molar-refractivity contribution in [2.75, 3.05) is 31.1 Å². The van der Waals surface area contributed by atoms with Crippen molar-refractivity contribution in [1.82, 2.24) is 9.80 Å². The Kier molecular flexibility index (Phi) is 8.68. The summed E-state index contributed by atoms with van der Waals surface area (Å²) in [5.74, 6) is -2.26. The molecule has 2 fully saturated rings. The van der Waals surface area contributed by atoms with Gasteiger partial charge in [-0.3, -0.25) is 14.4 Å². The smallest absolute Gasteiger partial charge is 0.253 e. The fourth-order valence-corrected chi connectivity index (χ4v) is 7.87. The normalized spacial score (nSPS) is 29.5. The van der Waals surface area contributed by atoms with Crippen LogP contribution >= 0.6 is 11.6 Å². The predicted octanol–water partition coefficient (Wildman–Crippen LogP) is 4.76. The van der Waals surface area contributed by atoms with Crippen LogP contribution in [0.15, 0.2) is 78.9 Å². The number of hydrogen-bond acceptors (Lipinski definition) is 5. The van der Waals surface area contributed by atoms with Crippen molar-refractivity contribution in [1.29, 1.82) is 0 Å². The molecule has 1 spiro atoms. The van der Waals surface area contributed by atoms with Crippen LogP contribution in [0.5, 0.6) is 0 Å². The Labute approximate surface area is 263 Å². The van der Waals surface area contributed by atoms with Gasteiger partial charge in [-0.1, -0.05) is 98.1 Å². The van der Waals surface area contributed by atoms with Gasteiger partial charge in [0.2, 0.25) is 11.8 Å². The lowest BCUT2D eigenvalue weighted by molar-refractivity contribution is -0.150. The van der Waals surface area contributed by atoms with Gasteiger partial charge in [0.05, 0.1) is 28.1 Å². The van der Waals surface area contributed by atoms with Crippen LogP contribution in [0.2, 0.25) is 5.02 Å². The summed E-state index contributed by atoms with van der Waals surface area (Å²) in [5.41, 5.74) is -0.765. The molecule has 3 amide bonds. The van der Waals surface area contributed by atoms with E-state index in [4.69, 9.17) is 16.3 Å². The third kappa shape index (κ3) is 5.07. The van der Waals surface area contributed by atoms with Crippen molar-refractivity contribution >= 4 is 35.0 Å². The molecule has 1 unspecified atom stereocenters. The van der Waals surface area contributed by atoms with E-state index in [1.165, 1.54) is 0 Å². The van der Waals surface area contributed by atoms with E-state index in [0.717, 1.165) is 18.4 Å². The van der Waals surface area contributed by atoms with Gasteiger partial charge in [-0.05, 0) is 37.0 Å². The Bertz CT molecular complexity index is 1460. The SMILES string of the molecule is CC[C@@]12C=CCN(Cc3ccccc3)C(=O)[C@@H]1[C@H]1C(=O)N(CCCCCCO)C3C(=O)N(c4ccccc4Cl)CC=C[C@@]31O2. The number of benzene rings is 2. The lowest BCUT2D eigenvalue weighted by atomic mass is 9.73. The van der Waals surface area contributed by atoms with E-state index in [1.54, 1.807) is 26.8 Å². The molecule has 2 saturated heterocycles. The zero-order valence-electron chi connectivity index (χ0n) is 25.1. The second kappa shape index (κ2) is 12.5. The molecule has 0 aromatic heterocycles. The molecule has 6 rings (SSSR count). The maximum atomic E-state index is 14.7. The van der Waals surface area contributed by atoms with E-state index in [9.17, 15) is 19.5 Å². The number of likely N-dealkylation sites (tertiary alicyclic amines) is 1. The quantitative estimate of drug-likeness (QED) is 0.307. The second-order valence-corrected chi connectivity index (χ2v) is 12.6. The maximum absolute atomic E-state index is 14.7. The number of amides is 3. The zero-order valence-corrected chi connectivity index (χ0v) is 25.9. The first-order valence-electron chi connectivity index (χ1n) is 15.7. The Balaban J connectivity index is 1.42. The van der Waals surface area contributed by atoms with Crippen molar-refractivity contribution < 1.29 is 24.2 Å². The van der Waals surface area contributed by atoms with Gasteiger partial charge in [0, 0.05) is 32.8 Å². The van der Waals surface area contributed by atoms with Gasteiger partial charge in [-0.25, -0.2) is 0 Å². The standard InChI is InChI=1S/C35H40ClN3O5/c1-2-34-18-12-20-37(24-25-14-6-5-7-15-25)31(41)28(34)29-32(42)39(21-10-3-4-11-23-40)30-33(43)38(22-13-19-35(29,30)44-34)27-17-9-8-16-26(27)36/h5-9,12-19,28-30,40H,2-4,10-11,20-24H2,1H3/t28-,29-,30?,34+,35-/m0/s1. The van der Waals surface area contributed by atoms with E-state index in [1.807, 2.05) is 73.7 Å². The molecular formula is C35H40ClN3O5. The lowest BCUT2D eigenvalue weighted by Gasteiger charge is -2.38. The molecule has 44 heavy (non-hydrogen) atoms. The van der Waals surface area contributed by atoms with Crippen molar-refractivity contribution in [3.05, 3.63) is 89.5 Å². The van der Waals surface area contributed by atoms with Gasteiger partial charge in [-0.2, -0.15) is 0 Å². The van der Waals surface area contributed by atoms with Crippen molar-refractivity contribution in [2.24, 2.45) is 11.8 Å². The van der Waals surface area contributed by atoms with Crippen molar-refractivity contribution in [2.45, 2.75) is 62.8 Å². The molecule has 0 aliphatic carbocycles. The number of unbranched alkanes of at least 4 members (excludes halogenated alkanes) is 3. The molecule has 0 saturated carbocycles. The first-order chi connectivity index (χ1) is 21.4. The first kappa shape index (κ1) is 30.6. The molecule has 0 bridgehead atoms. The summed E-state index contributed by atoms with van der Waals surface area (Å²) in [6.07, 6.45) is 11.2. The summed E-state index contributed by atoms with van der Waals surface area (Å²) in [4.78, 5) is 49.0. The molecule has 4 aliphatic heterocycles. The summed E-state index contributed by atoms with van der Waals surface area (Å²) in [6, 6.07) is 16.1. The highest BCUT2D eigenvalue weighted by Crippen LogP contribution is 2.58. The lowest BCUT2D eigenvalue weighted by Crippen LogP contribution is -2.56. The van der Waals surface area contributed by atoms with Gasteiger partial charge < -0.3 is 24.5 Å². The Morgan fingerprint density at radius 2 is 1.59 bits per heavy atom. The van der Waals surface area contributed by atoms with Gasteiger partial charge in [0.1, 0.15) is 11.6 Å². The fraction of sp³-hybridized carbons (Fsp3) is 0.457. The average Bonchev–Trinajstić information content (AvgIpc) is 3.32. The summed E-state index contributed by atoms with van der Waals surface area (Å²) in [7, 11) is 0. The van der Waals surface area contributed by atoms with Crippen LogP contribution in [0.25, 0.3) is 0 Å². The van der Waals surface area contributed by atoms with E-state index < -0.39 is 29.1 Å². The van der Waals surface area contributed by atoms with Crippen molar-refractivity contribution in [3.8, 4) is 0 Å². The monoisotopic (exact) mass is 617 g/mol. The average molecular weight is 618 g/mol. The molecule has 4 heterocycles. The summed E-state index contributed by atoms with van der Waals surface area (Å²) >= 11 is 6.58. The van der Waals surface area contributed by atoms with Crippen LogP contribution in [-0.4, -0.2) is 76.1 Å². The minimum Gasteiger partial charge on any atom is -0.396 e. The number of hydrogen-bond donors (Lipinski definition) is 1. The number of anilines is 1. The minimum atomic E-state index is -1.31. The van der Waals surface area contributed by atoms with Gasteiger partial charge in [0.25, 0.3) is 5.91 Å². The molecule has 9 heteroatoms. The summed E-state index contributed by atoms with van der Waals surface area (Å²) in [6.45, 7) is 3.55. The third-order valence-corrected chi connectivity index (χ3v) is 10.0. The maximum Gasteiger partial charge on any atom is 0.253 e. The third-order valence-electron chi connectivity index (χ3n) is 9.69. The molecule has 232 valence electrons. The molecule has 0 radical (unpaired) electrons. The largest absolute Gasteiger partial charge is 0.396 e. The number of nitrogens with zero attached hydrogens (tertiary/aromatic N) is 3. The highest BCUT2D eigenvalue weighted by Gasteiger charge is 2.75. The number of rotatable bonds is 10. The highest BCUT2D eigenvalue weighted by atomic mass is 35.5. The van der Waals surface area contributed by atoms with E-state index in [-0.39, 0.29) is 30.9 Å². The van der Waals surface area contributed by atoms with Gasteiger partial charge in [0.15, 0.2) is 0 Å². The number of aliphatic hydroxyl groups excluding tert-OH is 1.